The minimum atomic E-state index is -2.26. The molecule has 5 N–H and O–H groups in total. The number of aliphatic hydroxyl groups excluding tert-OH is 1. The fraction of sp³-hybridized carbons (Fsp3) is 0.214. The topological polar surface area (TPSA) is 188 Å². The summed E-state index contributed by atoms with van der Waals surface area (Å²) in [7, 11) is 0. The maximum atomic E-state index is 13.8. The Balaban J connectivity index is 1.56. The number of fused-ring (bicyclic) bond motifs is 7. The van der Waals surface area contributed by atoms with E-state index in [1.54, 1.807) is 12.1 Å². The molecule has 0 amide bonds. The van der Waals surface area contributed by atoms with Gasteiger partial charge in [-0.1, -0.05) is 36.4 Å². The van der Waals surface area contributed by atoms with Crippen LogP contribution in [0.25, 0.3) is 0 Å². The number of carbonyl (C=O) groups excluding carboxylic acids is 3. The van der Waals surface area contributed by atoms with Crippen LogP contribution in [0.1, 0.15) is 78.2 Å². The number of ether oxygens (including phenoxy) is 2. The van der Waals surface area contributed by atoms with Gasteiger partial charge in [-0.3, -0.25) is 14.3 Å². The Bertz CT molecular complexity index is 1640. The van der Waals surface area contributed by atoms with E-state index < -0.39 is 58.2 Å². The lowest BCUT2D eigenvalue weighted by Gasteiger charge is -2.31. The Labute approximate surface area is 219 Å². The van der Waals surface area contributed by atoms with Crippen molar-refractivity contribution >= 4 is 23.5 Å². The van der Waals surface area contributed by atoms with Crippen LogP contribution in [0.5, 0.6) is 11.5 Å². The van der Waals surface area contributed by atoms with Crippen LogP contribution in [0.15, 0.2) is 48.5 Å². The Hall–Kier alpha value is -4.58. The maximum Gasteiger partial charge on any atom is 0.345 e. The number of aliphatic carboxylic acids is 1. The lowest BCUT2D eigenvalue weighted by atomic mass is 9.77. The van der Waals surface area contributed by atoms with Crippen molar-refractivity contribution in [1.29, 1.82) is 0 Å². The Morgan fingerprint density at radius 3 is 2.31 bits per heavy atom. The van der Waals surface area contributed by atoms with Gasteiger partial charge in [-0.15, -0.1) is 0 Å². The van der Waals surface area contributed by atoms with Crippen LogP contribution in [-0.2, 0) is 25.8 Å². The largest absolute Gasteiger partial charge is 0.507 e. The molecule has 0 bridgehead atoms. The second kappa shape index (κ2) is 8.21. The molecule has 0 saturated carbocycles. The minimum Gasteiger partial charge on any atom is -0.507 e. The zero-order chi connectivity index (χ0) is 27.9. The lowest BCUT2D eigenvalue weighted by Crippen LogP contribution is -2.36. The average molecular weight is 532 g/mol. The summed E-state index contributed by atoms with van der Waals surface area (Å²) >= 11 is 0. The first-order valence-electron chi connectivity index (χ1n) is 12.0. The molecule has 1 aliphatic carbocycles. The number of carboxylic acids is 1. The van der Waals surface area contributed by atoms with Crippen molar-refractivity contribution in [3.05, 3.63) is 93.0 Å². The zero-order valence-corrected chi connectivity index (χ0v) is 20.0. The Kier molecular flexibility index (Phi) is 5.21. The van der Waals surface area contributed by atoms with Crippen molar-refractivity contribution in [2.24, 2.45) is 0 Å². The molecule has 2 heterocycles. The number of aromatic hydroxyl groups is 2. The fourth-order valence-electron chi connectivity index (χ4n) is 5.65. The number of carboxylic acid groups (broad SMARTS) is 1. The van der Waals surface area contributed by atoms with Crippen LogP contribution in [0, 0.1) is 0 Å². The molecule has 0 radical (unpaired) electrons. The maximum absolute atomic E-state index is 13.8. The molecule has 1 spiro atoms. The number of aliphatic hydroxyl groups is 2. The highest BCUT2D eigenvalue weighted by Crippen LogP contribution is 2.58. The first-order valence-corrected chi connectivity index (χ1v) is 12.0. The summed E-state index contributed by atoms with van der Waals surface area (Å²) in [6.07, 6.45) is -2.15. The van der Waals surface area contributed by atoms with Gasteiger partial charge in [0.2, 0.25) is 0 Å². The summed E-state index contributed by atoms with van der Waals surface area (Å²) in [5.74, 6) is -9.54. The van der Waals surface area contributed by atoms with Crippen molar-refractivity contribution in [1.82, 2.24) is 0 Å². The SMILES string of the molecule is O=C1c2cccc(O)c2C(=O)c2c1cc(O)c1c2C2(OC1=O)OC(O)(CCCC(O)C(=O)O)c1ccccc12. The average Bonchev–Trinajstić information content (AvgIpc) is 3.33. The van der Waals surface area contributed by atoms with Crippen LogP contribution in [0.2, 0.25) is 0 Å². The number of benzene rings is 3. The number of ketones is 2. The number of phenols is 2. The minimum absolute atomic E-state index is 0.0218. The highest BCUT2D eigenvalue weighted by molar-refractivity contribution is 6.31. The van der Waals surface area contributed by atoms with Crippen LogP contribution in [0.4, 0.5) is 0 Å². The monoisotopic (exact) mass is 532 g/mol. The summed E-state index contributed by atoms with van der Waals surface area (Å²) in [6.45, 7) is 0. The van der Waals surface area contributed by atoms with E-state index in [1.807, 2.05) is 0 Å². The number of rotatable bonds is 5. The molecule has 0 saturated heterocycles. The van der Waals surface area contributed by atoms with Crippen molar-refractivity contribution in [2.75, 3.05) is 0 Å². The molecule has 11 nitrogen and oxygen atoms in total. The van der Waals surface area contributed by atoms with E-state index in [0.29, 0.717) is 0 Å². The molecule has 3 aromatic rings. The second-order valence-electron chi connectivity index (χ2n) is 9.61. The molecular weight excluding hydrogens is 512 g/mol. The molecule has 198 valence electrons. The van der Waals surface area contributed by atoms with E-state index in [-0.39, 0.29) is 58.2 Å². The highest BCUT2D eigenvalue weighted by atomic mass is 16.8. The molecule has 3 atom stereocenters. The predicted octanol–water partition coefficient (Wildman–Crippen LogP) is 2.04. The van der Waals surface area contributed by atoms with E-state index in [0.717, 1.165) is 6.07 Å². The number of esters is 1. The molecule has 0 aromatic heterocycles. The number of carbonyl (C=O) groups is 4. The van der Waals surface area contributed by atoms with Gasteiger partial charge in [-0.05, 0) is 25.0 Å². The third-order valence-corrected chi connectivity index (χ3v) is 7.36. The highest BCUT2D eigenvalue weighted by Gasteiger charge is 2.63. The first-order chi connectivity index (χ1) is 18.5. The molecule has 3 aliphatic rings. The number of hydrogen-bond acceptors (Lipinski definition) is 10. The van der Waals surface area contributed by atoms with E-state index in [1.165, 1.54) is 30.3 Å². The standard InChI is InChI=1S/C28H20O11/c29-16-8-3-5-12-19(16)24(33)20-13(23(12)32)11-18(31)21-22(20)28(38-26(21)36)15-7-2-1-6-14(15)27(37,39-28)10-4-9-17(30)25(34)35/h1-3,5-8,11,17,29-31,37H,4,9-10H2,(H,34,35). The summed E-state index contributed by atoms with van der Waals surface area (Å²) in [5.41, 5.74) is -1.41. The lowest BCUT2D eigenvalue weighted by molar-refractivity contribution is -0.307. The van der Waals surface area contributed by atoms with E-state index in [9.17, 15) is 39.6 Å². The Morgan fingerprint density at radius 1 is 0.872 bits per heavy atom. The van der Waals surface area contributed by atoms with E-state index >= 15 is 0 Å². The summed E-state index contributed by atoms with van der Waals surface area (Å²) < 4.78 is 11.7. The van der Waals surface area contributed by atoms with Crippen molar-refractivity contribution in [3.8, 4) is 11.5 Å². The normalized spacial score (nSPS) is 23.2. The third kappa shape index (κ3) is 3.27. The van der Waals surface area contributed by atoms with Crippen LogP contribution in [-0.4, -0.2) is 55.1 Å². The first kappa shape index (κ1) is 24.7. The van der Waals surface area contributed by atoms with Gasteiger partial charge in [-0.25, -0.2) is 9.59 Å². The molecule has 11 heteroatoms. The molecular formula is C28H20O11. The fourth-order valence-corrected chi connectivity index (χ4v) is 5.65. The summed E-state index contributed by atoms with van der Waals surface area (Å²) in [4.78, 5) is 51.4. The van der Waals surface area contributed by atoms with Gasteiger partial charge < -0.3 is 30.3 Å². The smallest absolute Gasteiger partial charge is 0.345 e. The van der Waals surface area contributed by atoms with Gasteiger partial charge in [0.15, 0.2) is 23.5 Å². The number of hydrogen-bond donors (Lipinski definition) is 5. The van der Waals surface area contributed by atoms with Crippen molar-refractivity contribution in [3.63, 3.8) is 0 Å². The zero-order valence-electron chi connectivity index (χ0n) is 20.0. The molecule has 39 heavy (non-hydrogen) atoms. The molecule has 0 fully saturated rings. The van der Waals surface area contributed by atoms with Gasteiger partial charge in [0.05, 0.1) is 11.1 Å². The van der Waals surface area contributed by atoms with Crippen molar-refractivity contribution in [2.45, 2.75) is 36.9 Å². The van der Waals surface area contributed by atoms with Gasteiger partial charge in [0.1, 0.15) is 17.1 Å². The van der Waals surface area contributed by atoms with E-state index in [4.69, 9.17) is 14.6 Å². The van der Waals surface area contributed by atoms with Gasteiger partial charge in [0.25, 0.3) is 5.79 Å². The van der Waals surface area contributed by atoms with Crippen LogP contribution >= 0.6 is 0 Å². The molecule has 3 aromatic carbocycles. The van der Waals surface area contributed by atoms with Gasteiger partial charge >= 0.3 is 11.9 Å². The van der Waals surface area contributed by atoms with Crippen LogP contribution in [0.3, 0.4) is 0 Å². The third-order valence-electron chi connectivity index (χ3n) is 7.36. The van der Waals surface area contributed by atoms with E-state index in [2.05, 4.69) is 0 Å². The summed E-state index contributed by atoms with van der Waals surface area (Å²) in [6, 6.07) is 11.1. The summed E-state index contributed by atoms with van der Waals surface area (Å²) in [5, 5.41) is 51.5. The predicted molar refractivity (Wildman–Crippen MR) is 128 cm³/mol. The molecule has 3 unspecified atom stereocenters. The Morgan fingerprint density at radius 2 is 1.59 bits per heavy atom. The second-order valence-corrected chi connectivity index (χ2v) is 9.61. The quantitative estimate of drug-likeness (QED) is 0.237. The molecule has 2 aliphatic heterocycles. The molecule has 6 rings (SSSR count). The van der Waals surface area contributed by atoms with Gasteiger partial charge in [0, 0.05) is 34.2 Å². The van der Waals surface area contributed by atoms with Gasteiger partial charge in [-0.2, -0.15) is 0 Å². The van der Waals surface area contributed by atoms with Crippen LogP contribution < -0.4 is 0 Å². The van der Waals surface area contributed by atoms with Crippen molar-refractivity contribution < 1.29 is 54.2 Å². The number of phenolic OH excluding ortho intramolecular Hbond substituents is 2.